The highest BCUT2D eigenvalue weighted by Gasteiger charge is 2.40. The molecule has 0 bridgehead atoms. The van der Waals surface area contributed by atoms with Crippen LogP contribution in [0.5, 0.6) is 0 Å². The van der Waals surface area contributed by atoms with E-state index in [1.165, 1.54) is 6.92 Å². The van der Waals surface area contributed by atoms with E-state index in [0.29, 0.717) is 11.1 Å². The van der Waals surface area contributed by atoms with E-state index in [1.807, 2.05) is 0 Å². The average molecular weight is 301 g/mol. The lowest BCUT2D eigenvalue weighted by molar-refractivity contribution is 0.0462. The fourth-order valence-corrected chi connectivity index (χ4v) is 2.47. The van der Waals surface area contributed by atoms with Gasteiger partial charge in [0.2, 0.25) is 0 Å². The smallest absolute Gasteiger partial charge is 0.262 e. The third-order valence-electron chi connectivity index (χ3n) is 3.54. The van der Waals surface area contributed by atoms with E-state index >= 15 is 0 Å². The molecule has 0 aromatic heterocycles. The second-order valence-corrected chi connectivity index (χ2v) is 5.25. The Hall–Kier alpha value is -2.24. The van der Waals surface area contributed by atoms with Crippen molar-refractivity contribution in [2.75, 3.05) is 6.61 Å². The molecule has 5 heteroatoms. The number of carbonyl (C=O) groups is 2. The zero-order valence-electron chi connectivity index (χ0n) is 12.6. The number of imide groups is 1. The molecule has 0 fully saturated rings. The molecule has 1 aromatic rings. The van der Waals surface area contributed by atoms with Crippen LogP contribution in [0.25, 0.3) is 0 Å². The van der Waals surface area contributed by atoms with Crippen molar-refractivity contribution in [1.82, 2.24) is 4.90 Å². The van der Waals surface area contributed by atoms with E-state index in [0.717, 1.165) is 10.5 Å². The fourth-order valence-electron chi connectivity index (χ4n) is 2.47. The van der Waals surface area contributed by atoms with Crippen LogP contribution < -0.4 is 0 Å². The van der Waals surface area contributed by atoms with Gasteiger partial charge in [0.05, 0.1) is 29.9 Å². The number of amides is 2. The molecule has 1 aliphatic rings. The summed E-state index contributed by atoms with van der Waals surface area (Å²) in [5.74, 6) is -0.802. The van der Waals surface area contributed by atoms with Crippen molar-refractivity contribution >= 4 is 11.8 Å². The predicted molar refractivity (Wildman–Crippen MR) is 82.4 cm³/mol. The number of carbonyl (C=O) groups excluding carboxylic acids is 2. The summed E-state index contributed by atoms with van der Waals surface area (Å²) < 4.78 is 0. The summed E-state index contributed by atoms with van der Waals surface area (Å²) in [5.41, 5.74) is 1.46. The maximum absolute atomic E-state index is 12.5. The van der Waals surface area contributed by atoms with Gasteiger partial charge >= 0.3 is 0 Å². The monoisotopic (exact) mass is 301 g/mol. The van der Waals surface area contributed by atoms with Gasteiger partial charge in [-0.25, -0.2) is 0 Å². The van der Waals surface area contributed by atoms with Crippen LogP contribution in [0, 0.1) is 0 Å². The molecule has 2 atom stereocenters. The molecule has 2 amide bonds. The largest absolute Gasteiger partial charge is 0.392 e. The topological polar surface area (TPSA) is 77.8 Å². The van der Waals surface area contributed by atoms with Gasteiger partial charge in [-0.3, -0.25) is 14.5 Å². The molecule has 1 heterocycles. The number of aliphatic hydroxyl groups excluding tert-OH is 2. The first kappa shape index (κ1) is 16.1. The SMILES string of the molecule is CC(=C/[C@H]([C@@H](C)O)N1C(=O)c2ccccc2C1=O)/C=C/CO. The number of hydrogen-bond donors (Lipinski definition) is 2. The minimum absolute atomic E-state index is 0.0997. The van der Waals surface area contributed by atoms with Gasteiger partial charge in [-0.2, -0.15) is 0 Å². The number of nitrogens with zero attached hydrogens (tertiary/aromatic N) is 1. The zero-order chi connectivity index (χ0) is 16.3. The van der Waals surface area contributed by atoms with E-state index in [9.17, 15) is 14.7 Å². The van der Waals surface area contributed by atoms with Gasteiger partial charge in [0, 0.05) is 0 Å². The Morgan fingerprint density at radius 3 is 2.23 bits per heavy atom. The first-order valence-corrected chi connectivity index (χ1v) is 7.08. The Bertz CT molecular complexity index is 611. The van der Waals surface area contributed by atoms with Crippen molar-refractivity contribution in [2.24, 2.45) is 0 Å². The third kappa shape index (κ3) is 3.00. The normalized spacial score (nSPS) is 18.0. The van der Waals surface area contributed by atoms with Crippen LogP contribution >= 0.6 is 0 Å². The number of allylic oxidation sites excluding steroid dienone is 2. The van der Waals surface area contributed by atoms with Gasteiger partial charge in [-0.15, -0.1) is 0 Å². The molecule has 0 saturated heterocycles. The number of benzene rings is 1. The number of rotatable bonds is 5. The summed E-state index contributed by atoms with van der Waals surface area (Å²) in [7, 11) is 0. The molecular weight excluding hydrogens is 282 g/mol. The molecule has 0 aliphatic carbocycles. The van der Waals surface area contributed by atoms with Crippen LogP contribution in [0.3, 0.4) is 0 Å². The van der Waals surface area contributed by atoms with Gasteiger partial charge in [0.25, 0.3) is 11.8 Å². The molecule has 1 aliphatic heterocycles. The Balaban J connectivity index is 2.37. The highest BCUT2D eigenvalue weighted by atomic mass is 16.3. The lowest BCUT2D eigenvalue weighted by Crippen LogP contribution is -2.44. The third-order valence-corrected chi connectivity index (χ3v) is 3.54. The van der Waals surface area contributed by atoms with Crippen molar-refractivity contribution in [1.29, 1.82) is 0 Å². The maximum Gasteiger partial charge on any atom is 0.262 e. The minimum atomic E-state index is -0.903. The van der Waals surface area contributed by atoms with Gasteiger partial charge in [-0.1, -0.05) is 35.9 Å². The Kier molecular flexibility index (Phi) is 4.90. The summed E-state index contributed by atoms with van der Waals surface area (Å²) in [6, 6.07) is 5.87. The number of fused-ring (bicyclic) bond motifs is 1. The maximum atomic E-state index is 12.5. The summed E-state index contributed by atoms with van der Waals surface area (Å²) in [5, 5.41) is 18.8. The van der Waals surface area contributed by atoms with Crippen molar-refractivity contribution in [3.8, 4) is 0 Å². The Labute approximate surface area is 129 Å². The molecule has 5 nitrogen and oxygen atoms in total. The molecule has 2 rings (SSSR count). The average Bonchev–Trinajstić information content (AvgIpc) is 2.75. The second kappa shape index (κ2) is 6.68. The van der Waals surface area contributed by atoms with E-state index in [-0.39, 0.29) is 6.61 Å². The zero-order valence-corrected chi connectivity index (χ0v) is 12.6. The number of aliphatic hydroxyl groups is 2. The van der Waals surface area contributed by atoms with Crippen LogP contribution in [-0.2, 0) is 0 Å². The quantitative estimate of drug-likeness (QED) is 0.638. The van der Waals surface area contributed by atoms with Gasteiger partial charge in [-0.05, 0) is 26.0 Å². The van der Waals surface area contributed by atoms with E-state index in [1.54, 1.807) is 49.4 Å². The Morgan fingerprint density at radius 2 is 1.77 bits per heavy atom. The molecular formula is C17H19NO4. The molecule has 0 radical (unpaired) electrons. The van der Waals surface area contributed by atoms with Crippen LogP contribution in [0.15, 0.2) is 48.1 Å². The first-order chi connectivity index (χ1) is 10.5. The molecule has 2 N–H and O–H groups in total. The molecule has 0 spiro atoms. The predicted octanol–water partition coefficient (Wildman–Crippen LogP) is 1.53. The minimum Gasteiger partial charge on any atom is -0.392 e. The van der Waals surface area contributed by atoms with E-state index in [2.05, 4.69) is 0 Å². The molecule has 1 aromatic carbocycles. The molecule has 0 saturated carbocycles. The summed E-state index contributed by atoms with van der Waals surface area (Å²) in [6.45, 7) is 3.21. The van der Waals surface area contributed by atoms with Gasteiger partial charge in [0.15, 0.2) is 0 Å². The van der Waals surface area contributed by atoms with Crippen LogP contribution in [0.2, 0.25) is 0 Å². The molecule has 0 unspecified atom stereocenters. The standard InChI is InChI=1S/C17H19NO4/c1-11(6-5-9-19)10-15(12(2)20)18-16(21)13-7-3-4-8-14(13)17(18)22/h3-8,10,12,15,19-20H,9H2,1-2H3/b6-5+,11-10-/t12-,15-/m1/s1. The van der Waals surface area contributed by atoms with Crippen molar-refractivity contribution in [3.63, 3.8) is 0 Å². The van der Waals surface area contributed by atoms with Crippen LogP contribution in [-0.4, -0.2) is 45.7 Å². The highest BCUT2D eigenvalue weighted by Crippen LogP contribution is 2.26. The van der Waals surface area contributed by atoms with Crippen molar-refractivity contribution in [2.45, 2.75) is 26.0 Å². The lowest BCUT2D eigenvalue weighted by Gasteiger charge is -2.26. The fraction of sp³-hybridized carbons (Fsp3) is 0.294. The summed E-state index contributed by atoms with van der Waals surface area (Å²) in [4.78, 5) is 26.0. The first-order valence-electron chi connectivity index (χ1n) is 7.08. The molecule has 22 heavy (non-hydrogen) atoms. The van der Waals surface area contributed by atoms with Gasteiger partial charge < -0.3 is 10.2 Å². The summed E-state index contributed by atoms with van der Waals surface area (Å²) >= 11 is 0. The van der Waals surface area contributed by atoms with E-state index in [4.69, 9.17) is 5.11 Å². The highest BCUT2D eigenvalue weighted by molar-refractivity contribution is 6.21. The van der Waals surface area contributed by atoms with E-state index < -0.39 is 24.0 Å². The van der Waals surface area contributed by atoms with Crippen LogP contribution in [0.4, 0.5) is 0 Å². The second-order valence-electron chi connectivity index (χ2n) is 5.25. The number of hydrogen-bond acceptors (Lipinski definition) is 4. The Morgan fingerprint density at radius 1 is 1.23 bits per heavy atom. The van der Waals surface area contributed by atoms with Gasteiger partial charge in [0.1, 0.15) is 0 Å². The lowest BCUT2D eigenvalue weighted by atomic mass is 10.1. The summed E-state index contributed by atoms with van der Waals surface area (Å²) in [6.07, 6.45) is 3.97. The van der Waals surface area contributed by atoms with Crippen LogP contribution in [0.1, 0.15) is 34.6 Å². The van der Waals surface area contributed by atoms with Crippen molar-refractivity contribution < 1.29 is 19.8 Å². The van der Waals surface area contributed by atoms with Crippen molar-refractivity contribution in [3.05, 3.63) is 59.2 Å². The molecule has 116 valence electrons.